The van der Waals surface area contributed by atoms with E-state index in [1.165, 1.54) is 30.2 Å². The third-order valence-corrected chi connectivity index (χ3v) is 9.88. The van der Waals surface area contributed by atoms with Gasteiger partial charge in [-0.05, 0) is 88.1 Å². The maximum Gasteiger partial charge on any atom is 0.317 e. The molecular formula is C30H45FN6O3. The summed E-state index contributed by atoms with van der Waals surface area (Å²) in [5, 5.41) is 8.96. The average Bonchev–Trinajstić information content (AvgIpc) is 3.87. The minimum absolute atomic E-state index is 0.128. The monoisotopic (exact) mass is 556 g/mol. The molecule has 3 N–H and O–H groups in total. The molecule has 1 spiro atoms. The number of carbonyl (C=O) groups excluding carboxylic acids is 3. The molecule has 3 aliphatic carbocycles. The maximum absolute atomic E-state index is 15.5. The van der Waals surface area contributed by atoms with E-state index in [0.717, 1.165) is 32.4 Å². The van der Waals surface area contributed by atoms with E-state index in [0.29, 0.717) is 36.9 Å². The Morgan fingerprint density at radius 2 is 1.75 bits per heavy atom. The number of carbonyl (C=O) groups is 3. The number of urea groups is 1. The maximum atomic E-state index is 15.5. The largest absolute Gasteiger partial charge is 0.338 e. The van der Waals surface area contributed by atoms with Crippen LogP contribution in [0.5, 0.6) is 0 Å². The summed E-state index contributed by atoms with van der Waals surface area (Å²) in [5.41, 5.74) is 0.566. The average molecular weight is 557 g/mol. The van der Waals surface area contributed by atoms with Gasteiger partial charge in [-0.1, -0.05) is 12.5 Å². The van der Waals surface area contributed by atoms with Crippen LogP contribution in [0.2, 0.25) is 0 Å². The summed E-state index contributed by atoms with van der Waals surface area (Å²) in [7, 11) is 7.10. The van der Waals surface area contributed by atoms with Crippen molar-refractivity contribution in [3.63, 3.8) is 0 Å². The van der Waals surface area contributed by atoms with E-state index in [9.17, 15) is 14.4 Å². The molecule has 1 aliphatic heterocycles. The van der Waals surface area contributed by atoms with E-state index in [2.05, 4.69) is 20.9 Å². The van der Waals surface area contributed by atoms with Gasteiger partial charge in [-0.15, -0.1) is 0 Å². The molecule has 4 aliphatic rings. The Kier molecular flexibility index (Phi) is 8.12. The number of hydrogen-bond donors (Lipinski definition) is 3. The van der Waals surface area contributed by atoms with Crippen molar-refractivity contribution in [3.8, 4) is 0 Å². The molecule has 0 aromatic heterocycles. The Balaban J connectivity index is 1.32. The molecule has 5 rings (SSSR count). The van der Waals surface area contributed by atoms with Crippen LogP contribution in [0, 0.1) is 17.2 Å². The van der Waals surface area contributed by atoms with E-state index >= 15 is 4.39 Å². The van der Waals surface area contributed by atoms with Gasteiger partial charge in [0.1, 0.15) is 11.9 Å². The lowest BCUT2D eigenvalue weighted by atomic mass is 9.75. The van der Waals surface area contributed by atoms with Crippen molar-refractivity contribution < 1.29 is 18.8 Å². The molecule has 4 fully saturated rings. The second-order valence-corrected chi connectivity index (χ2v) is 12.9. The number of piperazine rings is 1. The highest BCUT2D eigenvalue weighted by Gasteiger charge is 2.55. The summed E-state index contributed by atoms with van der Waals surface area (Å²) in [4.78, 5) is 45.1. The van der Waals surface area contributed by atoms with Crippen molar-refractivity contribution in [1.82, 2.24) is 25.3 Å². The molecule has 1 heterocycles. The molecule has 0 bridgehead atoms. The van der Waals surface area contributed by atoms with Crippen molar-refractivity contribution in [2.75, 3.05) is 59.7 Å². The number of anilines is 1. The molecule has 1 aromatic carbocycles. The number of amides is 4. The number of rotatable bonds is 8. The quantitative estimate of drug-likeness (QED) is 0.458. The van der Waals surface area contributed by atoms with Crippen LogP contribution in [0.4, 0.5) is 14.9 Å². The van der Waals surface area contributed by atoms with Crippen molar-refractivity contribution >= 4 is 23.5 Å². The second kappa shape index (κ2) is 11.3. The Bertz CT molecular complexity index is 1130. The van der Waals surface area contributed by atoms with Crippen LogP contribution in [0.15, 0.2) is 18.2 Å². The molecule has 0 radical (unpaired) electrons. The SMILES string of the molecule is CNC(C(=O)Nc1ccc(C2(C(NC(=O)N(C)C)C(=O)N3CCN(C)CC3)CC2)cc1F)C1CCCC2(CC2)C1. The number of hydrogen-bond acceptors (Lipinski definition) is 5. The zero-order valence-electron chi connectivity index (χ0n) is 24.4. The molecular weight excluding hydrogens is 511 g/mol. The summed E-state index contributed by atoms with van der Waals surface area (Å²) < 4.78 is 15.5. The lowest BCUT2D eigenvalue weighted by Gasteiger charge is -2.37. The first kappa shape index (κ1) is 28.8. The Hall–Kier alpha value is -2.72. The number of benzene rings is 1. The van der Waals surface area contributed by atoms with Gasteiger partial charge in [0.05, 0.1) is 11.7 Å². The number of halogens is 1. The number of nitrogens with one attached hydrogen (secondary N) is 3. The third-order valence-electron chi connectivity index (χ3n) is 9.88. The smallest absolute Gasteiger partial charge is 0.317 e. The van der Waals surface area contributed by atoms with Crippen molar-refractivity contribution in [2.24, 2.45) is 11.3 Å². The highest BCUT2D eigenvalue weighted by Crippen LogP contribution is 2.58. The van der Waals surface area contributed by atoms with Gasteiger partial charge in [0, 0.05) is 45.7 Å². The third kappa shape index (κ3) is 5.84. The number of nitrogens with zero attached hydrogens (tertiary/aromatic N) is 3. The zero-order chi connectivity index (χ0) is 28.7. The van der Waals surface area contributed by atoms with Gasteiger partial charge >= 0.3 is 6.03 Å². The van der Waals surface area contributed by atoms with Crippen LogP contribution in [0.3, 0.4) is 0 Å². The van der Waals surface area contributed by atoms with Crippen molar-refractivity contribution in [3.05, 3.63) is 29.6 Å². The predicted molar refractivity (Wildman–Crippen MR) is 152 cm³/mol. The summed E-state index contributed by atoms with van der Waals surface area (Å²) in [6.07, 6.45) is 8.30. The van der Waals surface area contributed by atoms with E-state index in [1.807, 2.05) is 7.05 Å². The Morgan fingerprint density at radius 3 is 2.33 bits per heavy atom. The van der Waals surface area contributed by atoms with Crippen LogP contribution >= 0.6 is 0 Å². The lowest BCUT2D eigenvalue weighted by molar-refractivity contribution is -0.135. The fourth-order valence-corrected chi connectivity index (χ4v) is 6.91. The van der Waals surface area contributed by atoms with Crippen LogP contribution < -0.4 is 16.0 Å². The standard InChI is InChI=1S/C30H45FN6O3/c1-32-24(20-6-5-9-29(19-20)10-11-29)26(38)33-23-8-7-21(18-22(23)31)30(12-13-30)25(34-28(40)35(2)3)27(39)37-16-14-36(4)15-17-37/h7-8,18,20,24-25,32H,5-6,9-17,19H2,1-4H3,(H,33,38)(H,34,40). The summed E-state index contributed by atoms with van der Waals surface area (Å²) >= 11 is 0. The minimum atomic E-state index is -0.791. The van der Waals surface area contributed by atoms with E-state index < -0.39 is 17.3 Å². The lowest BCUT2D eigenvalue weighted by Crippen LogP contribution is -2.59. The highest BCUT2D eigenvalue weighted by atomic mass is 19.1. The van der Waals surface area contributed by atoms with Gasteiger partial charge in [0.25, 0.3) is 0 Å². The summed E-state index contributed by atoms with van der Waals surface area (Å²) in [5.74, 6) is -0.616. The van der Waals surface area contributed by atoms with Gasteiger partial charge in [-0.3, -0.25) is 9.59 Å². The Labute approximate surface area is 237 Å². The summed E-state index contributed by atoms with van der Waals surface area (Å²) in [6.45, 7) is 2.72. The Morgan fingerprint density at radius 1 is 1.05 bits per heavy atom. The van der Waals surface area contributed by atoms with E-state index in [1.54, 1.807) is 38.2 Å². The van der Waals surface area contributed by atoms with Gasteiger partial charge in [0.2, 0.25) is 11.8 Å². The van der Waals surface area contributed by atoms with E-state index in [-0.39, 0.29) is 35.5 Å². The van der Waals surface area contributed by atoms with Crippen LogP contribution in [-0.4, -0.2) is 99.0 Å². The van der Waals surface area contributed by atoms with Crippen LogP contribution in [0.1, 0.15) is 56.9 Å². The van der Waals surface area contributed by atoms with Gasteiger partial charge in [0.15, 0.2) is 0 Å². The summed E-state index contributed by atoms with van der Waals surface area (Å²) in [6, 6.07) is 3.33. The molecule has 3 atom stereocenters. The molecule has 3 saturated carbocycles. The normalized spacial score (nSPS) is 24.6. The fraction of sp³-hybridized carbons (Fsp3) is 0.700. The molecule has 10 heteroatoms. The number of likely N-dealkylation sites (N-methyl/N-ethyl adjacent to an activating group) is 2. The van der Waals surface area contributed by atoms with Gasteiger partial charge in [-0.25, -0.2) is 9.18 Å². The predicted octanol–water partition coefficient (Wildman–Crippen LogP) is 2.77. The second-order valence-electron chi connectivity index (χ2n) is 12.9. The van der Waals surface area contributed by atoms with Crippen molar-refractivity contribution in [1.29, 1.82) is 0 Å². The first-order valence-corrected chi connectivity index (χ1v) is 14.8. The molecule has 1 aromatic rings. The molecule has 1 saturated heterocycles. The van der Waals surface area contributed by atoms with E-state index in [4.69, 9.17) is 0 Å². The first-order valence-electron chi connectivity index (χ1n) is 14.8. The molecule has 3 unspecified atom stereocenters. The molecule has 4 amide bonds. The topological polar surface area (TPSA) is 97.0 Å². The van der Waals surface area contributed by atoms with Gasteiger partial charge in [-0.2, -0.15) is 0 Å². The highest BCUT2D eigenvalue weighted by molar-refractivity contribution is 5.95. The van der Waals surface area contributed by atoms with Crippen LogP contribution in [0.25, 0.3) is 0 Å². The van der Waals surface area contributed by atoms with Gasteiger partial charge < -0.3 is 30.7 Å². The first-order chi connectivity index (χ1) is 19.1. The molecule has 9 nitrogen and oxygen atoms in total. The fourth-order valence-electron chi connectivity index (χ4n) is 6.91. The molecule has 220 valence electrons. The zero-order valence-corrected chi connectivity index (χ0v) is 24.4. The van der Waals surface area contributed by atoms with Crippen molar-refractivity contribution in [2.45, 2.75) is 68.9 Å². The van der Waals surface area contributed by atoms with Crippen LogP contribution in [-0.2, 0) is 15.0 Å². The molecule has 40 heavy (non-hydrogen) atoms. The minimum Gasteiger partial charge on any atom is -0.338 e.